The third kappa shape index (κ3) is 7.56. The number of halogens is 2. The van der Waals surface area contributed by atoms with Gasteiger partial charge in [-0.3, -0.25) is 4.79 Å². The number of ketones is 1. The number of carbonyl (C=O) groups is 1. The molecular weight excluding hydrogens is 591 g/mol. The van der Waals surface area contributed by atoms with Crippen LogP contribution in [0, 0.1) is 10.8 Å². The van der Waals surface area contributed by atoms with Gasteiger partial charge in [0.15, 0.2) is 5.78 Å². The molecule has 1 nitrogen and oxygen atoms in total. The van der Waals surface area contributed by atoms with E-state index >= 15 is 0 Å². The number of alkyl halides is 2. The van der Waals surface area contributed by atoms with Crippen molar-refractivity contribution in [1.82, 2.24) is 0 Å². The Hall–Kier alpha value is -1.31. The van der Waals surface area contributed by atoms with E-state index in [0.29, 0.717) is 17.6 Å². The fraction of sp³-hybridized carbons (Fsp3) is 0.690. The third-order valence-corrected chi connectivity index (χ3v) is 13.7. The smallest absolute Gasteiger partial charge is 0.151 e. The average Bonchev–Trinajstić information content (AvgIpc) is 3.08. The molecule has 2 aromatic rings. The molecule has 3 saturated carbocycles. The molecule has 0 aromatic heterocycles. The molecule has 45 heavy (non-hydrogen) atoms. The molecule has 3 heteroatoms. The number of hydrogen-bond donors (Lipinski definition) is 0. The largest absolute Gasteiger partial charge is 0.298 e. The minimum absolute atomic E-state index is 0.389. The summed E-state index contributed by atoms with van der Waals surface area (Å²) in [4.78, 5) is 14.1. The highest BCUT2D eigenvalue weighted by Gasteiger charge is 2.79. The van der Waals surface area contributed by atoms with Crippen LogP contribution in [0.1, 0.15) is 176 Å². The number of hydrogen-bond acceptors (Lipinski definition) is 1. The van der Waals surface area contributed by atoms with Crippen LogP contribution >= 0.6 is 23.2 Å². The normalized spacial score (nSPS) is 27.6. The Morgan fingerprint density at radius 3 is 1.20 bits per heavy atom. The summed E-state index contributed by atoms with van der Waals surface area (Å²) in [5.74, 6) is 1.40. The van der Waals surface area contributed by atoms with Crippen molar-refractivity contribution in [2.45, 2.75) is 171 Å². The van der Waals surface area contributed by atoms with E-state index in [9.17, 15) is 4.79 Å². The summed E-state index contributed by atoms with van der Waals surface area (Å²) in [6.45, 7) is 4.55. The van der Waals surface area contributed by atoms with Crippen molar-refractivity contribution >= 4 is 29.0 Å². The second-order valence-electron chi connectivity index (χ2n) is 15.1. The second kappa shape index (κ2) is 16.2. The predicted octanol–water partition coefficient (Wildman–Crippen LogP) is 13.2. The van der Waals surface area contributed by atoms with Gasteiger partial charge >= 0.3 is 0 Å². The summed E-state index contributed by atoms with van der Waals surface area (Å²) in [5.41, 5.74) is 4.67. The van der Waals surface area contributed by atoms with E-state index in [4.69, 9.17) is 23.2 Å². The van der Waals surface area contributed by atoms with E-state index in [1.54, 1.807) is 0 Å². The molecule has 0 amide bonds. The van der Waals surface area contributed by atoms with Crippen LogP contribution in [0.5, 0.6) is 0 Å². The number of aryl methyl sites for hydroxylation is 2. The van der Waals surface area contributed by atoms with Crippen molar-refractivity contribution in [2.75, 3.05) is 0 Å². The maximum absolute atomic E-state index is 14.1. The Morgan fingerprint density at radius 2 is 0.867 bits per heavy atom. The Labute approximate surface area is 285 Å². The van der Waals surface area contributed by atoms with Crippen LogP contribution in [0.2, 0.25) is 0 Å². The van der Waals surface area contributed by atoms with E-state index in [1.165, 1.54) is 112 Å². The molecule has 0 heterocycles. The summed E-state index contributed by atoms with van der Waals surface area (Å²) in [6.07, 6.45) is 25.8. The van der Waals surface area contributed by atoms with Crippen LogP contribution < -0.4 is 0 Å². The maximum atomic E-state index is 14.1. The maximum Gasteiger partial charge on any atom is 0.151 e. The molecular formula is C42H60Cl2O. The third-order valence-electron chi connectivity index (χ3n) is 12.3. The van der Waals surface area contributed by atoms with Crippen molar-refractivity contribution in [1.29, 1.82) is 0 Å². The SMILES string of the molecule is CCCCCCCCc1ccc(C2CCC3(CC2)C(=O)C2(CCC(c4ccc(CCCCCCCC)cc4)CC2)C3(Cl)Cl)cc1. The predicted molar refractivity (Wildman–Crippen MR) is 194 cm³/mol. The molecule has 0 saturated heterocycles. The highest BCUT2D eigenvalue weighted by atomic mass is 35.5. The molecule has 0 atom stereocenters. The van der Waals surface area contributed by atoms with E-state index in [2.05, 4.69) is 62.4 Å². The number of carbonyl (C=O) groups excluding carboxylic acids is 1. The summed E-state index contributed by atoms with van der Waals surface area (Å²) >= 11 is 14.6. The van der Waals surface area contributed by atoms with Crippen LogP contribution in [0.15, 0.2) is 48.5 Å². The first-order valence-corrected chi connectivity index (χ1v) is 19.7. The van der Waals surface area contributed by atoms with Crippen molar-refractivity contribution in [3.05, 3.63) is 70.8 Å². The molecule has 0 unspecified atom stereocenters. The molecule has 5 rings (SSSR count). The Kier molecular flexibility index (Phi) is 12.6. The van der Waals surface area contributed by atoms with E-state index in [1.807, 2.05) is 0 Å². The minimum Gasteiger partial charge on any atom is -0.298 e. The van der Waals surface area contributed by atoms with Gasteiger partial charge in [-0.15, -0.1) is 0 Å². The van der Waals surface area contributed by atoms with Gasteiger partial charge in [-0.25, -0.2) is 0 Å². The van der Waals surface area contributed by atoms with E-state index in [-0.39, 0.29) is 0 Å². The lowest BCUT2D eigenvalue weighted by atomic mass is 9.42. The van der Waals surface area contributed by atoms with Crippen LogP contribution in [-0.4, -0.2) is 10.1 Å². The van der Waals surface area contributed by atoms with Crippen LogP contribution in [0.3, 0.4) is 0 Å². The average molecular weight is 652 g/mol. The highest BCUT2D eigenvalue weighted by Crippen LogP contribution is 2.75. The van der Waals surface area contributed by atoms with Crippen molar-refractivity contribution in [3.8, 4) is 0 Å². The highest BCUT2D eigenvalue weighted by molar-refractivity contribution is 6.55. The first-order valence-electron chi connectivity index (χ1n) is 19.0. The standard InChI is InChI=1S/C42H60Cl2O/c1-3-5-7-9-11-13-15-33-17-21-35(22-18-33)37-25-29-40(30-26-37)39(45)41(42(40,43)44)31-27-38(28-32-41)36-23-19-34(20-24-36)16-14-12-10-8-6-4-2/h17-24,37-38H,3-16,25-32H2,1-2H3. The van der Waals surface area contributed by atoms with Gasteiger partial charge in [-0.2, -0.15) is 0 Å². The Morgan fingerprint density at radius 1 is 0.533 bits per heavy atom. The summed E-state index contributed by atoms with van der Waals surface area (Å²) < 4.78 is -0.936. The molecule has 3 aliphatic rings. The summed E-state index contributed by atoms with van der Waals surface area (Å²) in [5, 5.41) is 0. The lowest BCUT2D eigenvalue weighted by molar-refractivity contribution is -0.170. The van der Waals surface area contributed by atoms with Gasteiger partial charge in [0, 0.05) is 0 Å². The molecule has 3 aliphatic carbocycles. The lowest BCUT2D eigenvalue weighted by Gasteiger charge is -2.67. The molecule has 0 radical (unpaired) electrons. The first-order chi connectivity index (χ1) is 21.9. The van der Waals surface area contributed by atoms with E-state index in [0.717, 1.165) is 51.4 Å². The van der Waals surface area contributed by atoms with Crippen molar-refractivity contribution in [2.24, 2.45) is 10.8 Å². The van der Waals surface area contributed by atoms with Gasteiger partial charge in [0.2, 0.25) is 0 Å². The van der Waals surface area contributed by atoms with Gasteiger partial charge in [0.25, 0.3) is 0 Å². The fourth-order valence-electron chi connectivity index (χ4n) is 9.24. The molecule has 0 N–H and O–H groups in total. The number of unbranched alkanes of at least 4 members (excludes halogenated alkanes) is 10. The minimum atomic E-state index is -0.936. The van der Waals surface area contributed by atoms with Gasteiger partial charge in [0.1, 0.15) is 4.33 Å². The number of rotatable bonds is 16. The molecule has 2 spiro atoms. The van der Waals surface area contributed by atoms with Crippen LogP contribution in [-0.2, 0) is 17.6 Å². The Bertz CT molecular complexity index is 1090. The molecule has 3 fully saturated rings. The lowest BCUT2D eigenvalue weighted by Crippen LogP contribution is -2.74. The van der Waals surface area contributed by atoms with E-state index < -0.39 is 15.2 Å². The zero-order valence-corrected chi connectivity index (χ0v) is 30.0. The van der Waals surface area contributed by atoms with Crippen LogP contribution in [0.25, 0.3) is 0 Å². The summed E-state index contributed by atoms with van der Waals surface area (Å²) in [6, 6.07) is 18.7. The second-order valence-corrected chi connectivity index (χ2v) is 16.5. The van der Waals surface area contributed by atoms with Crippen molar-refractivity contribution in [3.63, 3.8) is 0 Å². The topological polar surface area (TPSA) is 17.1 Å². The first kappa shape index (κ1) is 35.0. The van der Waals surface area contributed by atoms with Gasteiger partial charge < -0.3 is 0 Å². The molecule has 0 aliphatic heterocycles. The van der Waals surface area contributed by atoms with Gasteiger partial charge in [-0.05, 0) is 111 Å². The summed E-state index contributed by atoms with van der Waals surface area (Å²) in [7, 11) is 0. The molecule has 248 valence electrons. The molecule has 0 bridgehead atoms. The number of Topliss-reactive ketones (excluding diaryl/α,β-unsaturated/α-hetero) is 1. The fourth-order valence-corrected chi connectivity index (χ4v) is 10.3. The van der Waals surface area contributed by atoms with Gasteiger partial charge in [0.05, 0.1) is 10.8 Å². The van der Waals surface area contributed by atoms with Gasteiger partial charge in [-0.1, -0.05) is 150 Å². The monoisotopic (exact) mass is 650 g/mol. The van der Waals surface area contributed by atoms with Crippen LogP contribution in [0.4, 0.5) is 0 Å². The molecule has 2 aromatic carbocycles. The quantitative estimate of drug-likeness (QED) is 0.130. The Balaban J connectivity index is 1.08. The number of benzene rings is 2. The zero-order valence-electron chi connectivity index (χ0n) is 28.5. The zero-order chi connectivity index (χ0) is 31.8. The van der Waals surface area contributed by atoms with Crippen molar-refractivity contribution < 1.29 is 4.79 Å².